The van der Waals surface area contributed by atoms with Crippen LogP contribution in [0.1, 0.15) is 32.0 Å². The zero-order valence-electron chi connectivity index (χ0n) is 11.3. The van der Waals surface area contributed by atoms with Crippen LogP contribution in [0.2, 0.25) is 0 Å². The van der Waals surface area contributed by atoms with Crippen LogP contribution >= 0.6 is 0 Å². The van der Waals surface area contributed by atoms with E-state index in [2.05, 4.69) is 54.0 Å². The van der Waals surface area contributed by atoms with Crippen LogP contribution in [0.25, 0.3) is 0 Å². The van der Waals surface area contributed by atoms with E-state index in [9.17, 15) is 0 Å². The Bertz CT molecular complexity index is 337. The molecule has 1 aliphatic rings. The normalized spacial score (nSPS) is 19.8. The molecule has 1 fully saturated rings. The van der Waals surface area contributed by atoms with Crippen molar-refractivity contribution in [2.75, 3.05) is 26.2 Å². The van der Waals surface area contributed by atoms with Crippen molar-refractivity contribution in [2.45, 2.75) is 26.3 Å². The third kappa shape index (κ3) is 3.11. The summed E-state index contributed by atoms with van der Waals surface area (Å²) in [7, 11) is 2.16. The molecule has 1 saturated heterocycles. The highest BCUT2D eigenvalue weighted by molar-refractivity contribution is 5.12. The summed E-state index contributed by atoms with van der Waals surface area (Å²) in [5.74, 6) is 0.741. The number of hydrogen-bond donors (Lipinski definition) is 1. The first kappa shape index (κ1) is 12.7. The van der Waals surface area contributed by atoms with Gasteiger partial charge in [-0.05, 0) is 24.5 Å². The van der Waals surface area contributed by atoms with Gasteiger partial charge >= 0.3 is 0 Å². The fraction of sp³-hybridized carbons (Fsp3) is 0.714. The number of nitrogens with zero attached hydrogens (tertiary/aromatic N) is 2. The fourth-order valence-corrected chi connectivity index (χ4v) is 2.72. The standard InChI is InChI=1S/C14H25N3/c1-12(2)11-14(13-5-4-8-16(13)3)17-9-6-15-7-10-17/h4-5,8,12,14-15H,6-7,9-11H2,1-3H3/t14-/m1/s1. The molecule has 0 aromatic carbocycles. The number of aromatic nitrogens is 1. The topological polar surface area (TPSA) is 20.2 Å². The fourth-order valence-electron chi connectivity index (χ4n) is 2.72. The van der Waals surface area contributed by atoms with Crippen LogP contribution in [0.4, 0.5) is 0 Å². The molecule has 3 nitrogen and oxygen atoms in total. The molecule has 0 unspecified atom stereocenters. The van der Waals surface area contributed by atoms with Gasteiger partial charge in [-0.15, -0.1) is 0 Å². The second kappa shape index (κ2) is 5.69. The first-order valence-corrected chi connectivity index (χ1v) is 6.74. The number of piperazine rings is 1. The molecule has 0 aliphatic carbocycles. The van der Waals surface area contributed by atoms with Crippen LogP contribution in [0, 0.1) is 5.92 Å². The van der Waals surface area contributed by atoms with Gasteiger partial charge in [0.25, 0.3) is 0 Å². The molecule has 1 aromatic rings. The minimum Gasteiger partial charge on any atom is -0.353 e. The lowest BCUT2D eigenvalue weighted by Crippen LogP contribution is -2.45. The summed E-state index contributed by atoms with van der Waals surface area (Å²) in [5.41, 5.74) is 1.46. The van der Waals surface area contributed by atoms with Crippen molar-refractivity contribution >= 4 is 0 Å². The molecule has 2 heterocycles. The Morgan fingerprint density at radius 1 is 1.29 bits per heavy atom. The minimum atomic E-state index is 0.581. The molecule has 1 aromatic heterocycles. The van der Waals surface area contributed by atoms with E-state index in [1.54, 1.807) is 0 Å². The molecule has 0 spiro atoms. The molecule has 96 valence electrons. The minimum absolute atomic E-state index is 0.581. The van der Waals surface area contributed by atoms with Crippen LogP contribution in [0.3, 0.4) is 0 Å². The zero-order valence-corrected chi connectivity index (χ0v) is 11.3. The lowest BCUT2D eigenvalue weighted by molar-refractivity contribution is 0.148. The van der Waals surface area contributed by atoms with Gasteiger partial charge in [0.05, 0.1) is 6.04 Å². The Kier molecular flexibility index (Phi) is 4.24. The van der Waals surface area contributed by atoms with Crippen LogP contribution in [-0.2, 0) is 7.05 Å². The second-order valence-corrected chi connectivity index (χ2v) is 5.48. The smallest absolute Gasteiger partial charge is 0.0503 e. The van der Waals surface area contributed by atoms with Crippen molar-refractivity contribution < 1.29 is 0 Å². The lowest BCUT2D eigenvalue weighted by Gasteiger charge is -2.36. The highest BCUT2D eigenvalue weighted by atomic mass is 15.2. The lowest BCUT2D eigenvalue weighted by atomic mass is 9.99. The molecule has 0 radical (unpaired) electrons. The largest absolute Gasteiger partial charge is 0.353 e. The molecule has 3 heteroatoms. The summed E-state index contributed by atoms with van der Waals surface area (Å²) in [6.45, 7) is 9.22. The van der Waals surface area contributed by atoms with E-state index in [0.717, 1.165) is 19.0 Å². The van der Waals surface area contributed by atoms with Gasteiger partial charge in [-0.25, -0.2) is 0 Å². The summed E-state index contributed by atoms with van der Waals surface area (Å²) in [6.07, 6.45) is 3.41. The van der Waals surface area contributed by atoms with Crippen LogP contribution in [0.5, 0.6) is 0 Å². The Labute approximate surface area is 105 Å². The summed E-state index contributed by atoms with van der Waals surface area (Å²) >= 11 is 0. The summed E-state index contributed by atoms with van der Waals surface area (Å²) in [6, 6.07) is 5.01. The first-order chi connectivity index (χ1) is 8.18. The molecular formula is C14H25N3. The van der Waals surface area contributed by atoms with Gasteiger partial charge in [0.2, 0.25) is 0 Å². The van der Waals surface area contributed by atoms with Crippen molar-refractivity contribution in [2.24, 2.45) is 13.0 Å². The average molecular weight is 235 g/mol. The maximum atomic E-state index is 3.43. The Morgan fingerprint density at radius 3 is 2.53 bits per heavy atom. The monoisotopic (exact) mass is 235 g/mol. The van der Waals surface area contributed by atoms with Crippen molar-refractivity contribution in [3.8, 4) is 0 Å². The molecule has 2 rings (SSSR count). The van der Waals surface area contributed by atoms with Gasteiger partial charge in [-0.1, -0.05) is 13.8 Å². The van der Waals surface area contributed by atoms with Crippen molar-refractivity contribution in [1.29, 1.82) is 0 Å². The molecule has 0 amide bonds. The van der Waals surface area contributed by atoms with Gasteiger partial charge in [0.1, 0.15) is 0 Å². The molecule has 0 bridgehead atoms. The summed E-state index contributed by atoms with van der Waals surface area (Å²) < 4.78 is 2.27. The highest BCUT2D eigenvalue weighted by Gasteiger charge is 2.24. The van der Waals surface area contributed by atoms with Crippen LogP contribution < -0.4 is 5.32 Å². The van der Waals surface area contributed by atoms with Gasteiger partial charge in [0, 0.05) is 45.1 Å². The summed E-state index contributed by atoms with van der Waals surface area (Å²) in [5, 5.41) is 3.43. The van der Waals surface area contributed by atoms with Gasteiger partial charge in [0.15, 0.2) is 0 Å². The van der Waals surface area contributed by atoms with Crippen LogP contribution in [-0.4, -0.2) is 35.6 Å². The average Bonchev–Trinajstić information content (AvgIpc) is 2.73. The second-order valence-electron chi connectivity index (χ2n) is 5.48. The Morgan fingerprint density at radius 2 is 2.00 bits per heavy atom. The van der Waals surface area contributed by atoms with E-state index in [1.165, 1.54) is 25.2 Å². The SMILES string of the molecule is CC(C)C[C@H](c1cccn1C)N1CCNCC1. The maximum Gasteiger partial charge on any atom is 0.0503 e. The van der Waals surface area contributed by atoms with E-state index in [1.807, 2.05) is 0 Å². The molecule has 1 atom stereocenters. The Hall–Kier alpha value is -0.800. The van der Waals surface area contributed by atoms with E-state index >= 15 is 0 Å². The number of aryl methyl sites for hydroxylation is 1. The van der Waals surface area contributed by atoms with Gasteiger partial charge in [-0.3, -0.25) is 4.90 Å². The molecular weight excluding hydrogens is 210 g/mol. The third-order valence-corrected chi connectivity index (χ3v) is 3.61. The van der Waals surface area contributed by atoms with Crippen molar-refractivity contribution in [3.05, 3.63) is 24.0 Å². The quantitative estimate of drug-likeness (QED) is 0.861. The maximum absolute atomic E-state index is 3.43. The summed E-state index contributed by atoms with van der Waals surface area (Å²) in [4.78, 5) is 2.63. The van der Waals surface area contributed by atoms with E-state index in [4.69, 9.17) is 0 Å². The van der Waals surface area contributed by atoms with E-state index in [0.29, 0.717) is 6.04 Å². The molecule has 1 aliphatic heterocycles. The number of hydrogen-bond acceptors (Lipinski definition) is 2. The van der Waals surface area contributed by atoms with Crippen molar-refractivity contribution in [1.82, 2.24) is 14.8 Å². The predicted octanol–water partition coefficient (Wildman–Crippen LogP) is 2.02. The number of nitrogens with one attached hydrogen (secondary N) is 1. The van der Waals surface area contributed by atoms with Gasteiger partial charge in [-0.2, -0.15) is 0 Å². The number of rotatable bonds is 4. The third-order valence-electron chi connectivity index (χ3n) is 3.61. The predicted molar refractivity (Wildman–Crippen MR) is 72.1 cm³/mol. The molecule has 1 N–H and O–H groups in total. The first-order valence-electron chi connectivity index (χ1n) is 6.74. The molecule has 0 saturated carbocycles. The Balaban J connectivity index is 2.15. The van der Waals surface area contributed by atoms with Crippen molar-refractivity contribution in [3.63, 3.8) is 0 Å². The highest BCUT2D eigenvalue weighted by Crippen LogP contribution is 2.27. The van der Waals surface area contributed by atoms with Gasteiger partial charge < -0.3 is 9.88 Å². The zero-order chi connectivity index (χ0) is 12.3. The van der Waals surface area contributed by atoms with Crippen LogP contribution in [0.15, 0.2) is 18.3 Å². The molecule has 17 heavy (non-hydrogen) atoms. The van der Waals surface area contributed by atoms with E-state index in [-0.39, 0.29) is 0 Å². The van der Waals surface area contributed by atoms with E-state index < -0.39 is 0 Å².